The summed E-state index contributed by atoms with van der Waals surface area (Å²) in [5.74, 6) is -0.570. The fourth-order valence-electron chi connectivity index (χ4n) is 1.29. The number of carbonyl (C=O) groups is 1. The van der Waals surface area contributed by atoms with Crippen molar-refractivity contribution in [2.75, 3.05) is 0 Å². The summed E-state index contributed by atoms with van der Waals surface area (Å²) in [6.07, 6.45) is 3.13. The first-order valence-corrected chi connectivity index (χ1v) is 5.13. The zero-order valence-electron chi connectivity index (χ0n) is 9.62. The van der Waals surface area contributed by atoms with Crippen LogP contribution in [0.25, 0.3) is 0 Å². The molecule has 0 heterocycles. The Hall–Kier alpha value is -2.17. The number of ether oxygens (including phenoxy) is 1. The molecular weight excluding hydrogens is 222 g/mol. The van der Waals surface area contributed by atoms with Crippen molar-refractivity contribution in [1.29, 1.82) is 0 Å². The number of hydrogen-bond acceptors (Lipinski definition) is 4. The predicted molar refractivity (Wildman–Crippen MR) is 62.8 cm³/mol. The Morgan fingerprint density at radius 1 is 1.53 bits per heavy atom. The van der Waals surface area contributed by atoms with E-state index >= 15 is 0 Å². The van der Waals surface area contributed by atoms with Crippen molar-refractivity contribution in [3.05, 3.63) is 52.1 Å². The van der Waals surface area contributed by atoms with Crippen molar-refractivity contribution < 1.29 is 14.5 Å². The summed E-state index contributed by atoms with van der Waals surface area (Å²) in [6, 6.07) is 5.46. The molecule has 17 heavy (non-hydrogen) atoms. The van der Waals surface area contributed by atoms with E-state index in [0.717, 1.165) is 0 Å². The molecule has 5 nitrogen and oxygen atoms in total. The molecule has 0 spiro atoms. The van der Waals surface area contributed by atoms with Gasteiger partial charge in [0, 0.05) is 12.1 Å². The maximum Gasteiger partial charge on any atom is 0.338 e. The third-order valence-electron chi connectivity index (χ3n) is 2.05. The third kappa shape index (κ3) is 3.71. The van der Waals surface area contributed by atoms with Crippen molar-refractivity contribution in [1.82, 2.24) is 0 Å². The average Bonchev–Trinajstić information content (AvgIpc) is 2.29. The highest BCUT2D eigenvalue weighted by atomic mass is 16.6. The van der Waals surface area contributed by atoms with Crippen LogP contribution in [0.15, 0.2) is 36.4 Å². The van der Waals surface area contributed by atoms with E-state index in [1.807, 2.05) is 6.92 Å². The minimum Gasteiger partial charge on any atom is -0.455 e. The summed E-state index contributed by atoms with van der Waals surface area (Å²) < 4.78 is 5.06. The maximum absolute atomic E-state index is 11.6. The summed E-state index contributed by atoms with van der Waals surface area (Å²) >= 11 is 0. The van der Waals surface area contributed by atoms with E-state index in [2.05, 4.69) is 0 Å². The number of non-ortho nitro benzene ring substituents is 1. The first kappa shape index (κ1) is 12.9. The molecule has 0 saturated carbocycles. The summed E-state index contributed by atoms with van der Waals surface area (Å²) in [7, 11) is 0. The van der Waals surface area contributed by atoms with Gasteiger partial charge in [-0.1, -0.05) is 12.1 Å². The van der Waals surface area contributed by atoms with Crippen molar-refractivity contribution in [3.8, 4) is 0 Å². The van der Waals surface area contributed by atoms with Gasteiger partial charge in [-0.25, -0.2) is 4.79 Å². The molecule has 0 fully saturated rings. The topological polar surface area (TPSA) is 69.4 Å². The Morgan fingerprint density at radius 3 is 2.82 bits per heavy atom. The second-order valence-electron chi connectivity index (χ2n) is 3.44. The fraction of sp³-hybridized carbons (Fsp3) is 0.250. The van der Waals surface area contributed by atoms with Gasteiger partial charge in [-0.15, -0.1) is 0 Å². The van der Waals surface area contributed by atoms with Gasteiger partial charge in [-0.3, -0.25) is 10.1 Å². The number of benzene rings is 1. The lowest BCUT2D eigenvalue weighted by molar-refractivity contribution is -0.384. The minimum atomic E-state index is -0.570. The first-order valence-electron chi connectivity index (χ1n) is 5.13. The van der Waals surface area contributed by atoms with Crippen molar-refractivity contribution in [3.63, 3.8) is 0 Å². The van der Waals surface area contributed by atoms with E-state index in [0.29, 0.717) is 0 Å². The van der Waals surface area contributed by atoms with Gasteiger partial charge >= 0.3 is 5.97 Å². The van der Waals surface area contributed by atoms with E-state index in [4.69, 9.17) is 4.74 Å². The van der Waals surface area contributed by atoms with Crippen LogP contribution in [0, 0.1) is 10.1 Å². The number of nitro benzene ring substituents is 1. The van der Waals surface area contributed by atoms with Crippen LogP contribution >= 0.6 is 0 Å². The Bertz CT molecular complexity index is 454. The van der Waals surface area contributed by atoms with Gasteiger partial charge in [0.05, 0.1) is 10.5 Å². The molecule has 0 N–H and O–H groups in total. The highest BCUT2D eigenvalue weighted by molar-refractivity contribution is 5.90. The Labute approximate surface area is 98.9 Å². The number of carbonyl (C=O) groups excluding carboxylic acids is 1. The molecule has 5 heteroatoms. The number of hydrogen-bond donors (Lipinski definition) is 0. The molecule has 0 aromatic heterocycles. The van der Waals surface area contributed by atoms with Gasteiger partial charge in [-0.2, -0.15) is 0 Å². The summed E-state index contributed by atoms with van der Waals surface area (Å²) in [5.41, 5.74) is 0.0497. The van der Waals surface area contributed by atoms with Gasteiger partial charge in [-0.05, 0) is 26.0 Å². The number of nitro groups is 1. The lowest BCUT2D eigenvalue weighted by Gasteiger charge is -2.08. The fourth-order valence-corrected chi connectivity index (χ4v) is 1.29. The number of nitrogens with zero attached hydrogens (tertiary/aromatic N) is 1. The quantitative estimate of drug-likeness (QED) is 0.348. The van der Waals surface area contributed by atoms with Crippen LogP contribution in [0.1, 0.15) is 24.2 Å². The molecule has 0 aliphatic carbocycles. The standard InChI is InChI=1S/C12H13NO4/c1-3-5-9(2)17-12(14)10-6-4-7-11(8-10)13(15)16/h3-9H,1-2H3/b5-3+/t9-/m0/s1. The molecule has 1 aromatic carbocycles. The van der Waals surface area contributed by atoms with E-state index in [1.54, 1.807) is 19.1 Å². The van der Waals surface area contributed by atoms with Gasteiger partial charge in [0.25, 0.3) is 5.69 Å². The maximum atomic E-state index is 11.6. The monoisotopic (exact) mass is 235 g/mol. The van der Waals surface area contributed by atoms with E-state index in [1.165, 1.54) is 24.3 Å². The SMILES string of the molecule is C/C=C/[C@H](C)OC(=O)c1cccc([N+](=O)[O-])c1. The van der Waals surface area contributed by atoms with Crippen molar-refractivity contribution in [2.45, 2.75) is 20.0 Å². The highest BCUT2D eigenvalue weighted by Gasteiger charge is 2.13. The molecule has 0 saturated heterocycles. The molecule has 0 bridgehead atoms. The van der Waals surface area contributed by atoms with E-state index in [9.17, 15) is 14.9 Å². The van der Waals surface area contributed by atoms with Crippen molar-refractivity contribution in [2.24, 2.45) is 0 Å². The van der Waals surface area contributed by atoms with Crippen LogP contribution in [0.5, 0.6) is 0 Å². The summed E-state index contributed by atoms with van der Waals surface area (Å²) in [5, 5.41) is 10.5. The molecule has 1 aromatic rings. The van der Waals surface area contributed by atoms with E-state index in [-0.39, 0.29) is 17.4 Å². The summed E-state index contributed by atoms with van der Waals surface area (Å²) in [4.78, 5) is 21.6. The zero-order chi connectivity index (χ0) is 12.8. The van der Waals surface area contributed by atoms with Crippen molar-refractivity contribution >= 4 is 11.7 Å². The predicted octanol–water partition coefficient (Wildman–Crippen LogP) is 2.72. The molecule has 1 atom stereocenters. The molecule has 0 amide bonds. The van der Waals surface area contributed by atoms with Gasteiger partial charge < -0.3 is 4.74 Å². The van der Waals surface area contributed by atoms with Crippen LogP contribution in [-0.4, -0.2) is 17.0 Å². The average molecular weight is 235 g/mol. The second-order valence-corrected chi connectivity index (χ2v) is 3.44. The van der Waals surface area contributed by atoms with Gasteiger partial charge in [0.2, 0.25) is 0 Å². The molecule has 0 aliphatic rings. The normalized spacial score (nSPS) is 12.4. The van der Waals surface area contributed by atoms with Crippen LogP contribution in [0.4, 0.5) is 5.69 Å². The molecule has 0 unspecified atom stereocenters. The molecule has 90 valence electrons. The Kier molecular flexibility index (Phi) is 4.39. The third-order valence-corrected chi connectivity index (χ3v) is 2.05. The highest BCUT2D eigenvalue weighted by Crippen LogP contribution is 2.14. The summed E-state index contributed by atoms with van der Waals surface area (Å²) in [6.45, 7) is 3.53. The second kappa shape index (κ2) is 5.79. The van der Waals surface area contributed by atoms with Gasteiger partial charge in [0.15, 0.2) is 0 Å². The molecule has 0 aliphatic heterocycles. The largest absolute Gasteiger partial charge is 0.455 e. The number of esters is 1. The molecule has 0 radical (unpaired) electrons. The molecular formula is C12H13NO4. The van der Waals surface area contributed by atoms with Crippen LogP contribution in [-0.2, 0) is 4.74 Å². The van der Waals surface area contributed by atoms with Crippen LogP contribution in [0.2, 0.25) is 0 Å². The van der Waals surface area contributed by atoms with Crippen LogP contribution < -0.4 is 0 Å². The lowest BCUT2D eigenvalue weighted by atomic mass is 10.2. The van der Waals surface area contributed by atoms with Crippen LogP contribution in [0.3, 0.4) is 0 Å². The van der Waals surface area contributed by atoms with Gasteiger partial charge in [0.1, 0.15) is 6.10 Å². The zero-order valence-corrected chi connectivity index (χ0v) is 9.62. The Morgan fingerprint density at radius 2 is 2.24 bits per heavy atom. The lowest BCUT2D eigenvalue weighted by Crippen LogP contribution is -2.12. The Balaban J connectivity index is 2.82. The number of allylic oxidation sites excluding steroid dienone is 1. The number of rotatable bonds is 4. The smallest absolute Gasteiger partial charge is 0.338 e. The first-order chi connectivity index (χ1) is 8.04. The minimum absolute atomic E-state index is 0.127. The molecule has 1 rings (SSSR count). The van der Waals surface area contributed by atoms with E-state index < -0.39 is 10.9 Å².